The zero-order chi connectivity index (χ0) is 22.1. The Kier molecular flexibility index (Phi) is 5.14. The largest absolute Gasteiger partial charge is 0.497 e. The molecular weight excluding hydrogens is 412 g/mol. The van der Waals surface area contributed by atoms with Gasteiger partial charge in [0.15, 0.2) is 11.5 Å². The average molecular weight is 434 g/mol. The highest BCUT2D eigenvalue weighted by molar-refractivity contribution is 5.99. The van der Waals surface area contributed by atoms with Gasteiger partial charge in [-0.25, -0.2) is 4.68 Å². The van der Waals surface area contributed by atoms with Crippen LogP contribution in [0.3, 0.4) is 0 Å². The molecule has 2 aliphatic heterocycles. The SMILES string of the molecule is COc1ccc(-c2cc3n(n2)CCC(=O)N3CC(=O)NCc2ccc3c(c2)OCO3)cc1. The summed E-state index contributed by atoms with van der Waals surface area (Å²) >= 11 is 0. The summed E-state index contributed by atoms with van der Waals surface area (Å²) in [5, 5.41) is 7.49. The molecule has 9 nitrogen and oxygen atoms in total. The van der Waals surface area contributed by atoms with E-state index in [0.29, 0.717) is 36.8 Å². The number of aromatic nitrogens is 2. The van der Waals surface area contributed by atoms with Crippen LogP contribution in [0.1, 0.15) is 12.0 Å². The van der Waals surface area contributed by atoms with Gasteiger partial charge in [-0.1, -0.05) is 6.07 Å². The molecule has 32 heavy (non-hydrogen) atoms. The molecule has 2 aromatic carbocycles. The van der Waals surface area contributed by atoms with Crippen molar-refractivity contribution in [3.8, 4) is 28.5 Å². The third kappa shape index (κ3) is 3.84. The summed E-state index contributed by atoms with van der Waals surface area (Å²) in [5.41, 5.74) is 2.54. The number of ether oxygens (including phenoxy) is 3. The van der Waals surface area contributed by atoms with Gasteiger partial charge in [-0.2, -0.15) is 5.10 Å². The Bertz CT molecular complexity index is 1170. The van der Waals surface area contributed by atoms with E-state index in [-0.39, 0.29) is 25.2 Å². The molecule has 9 heteroatoms. The standard InChI is InChI=1S/C23H22N4O5/c1-30-17-5-3-16(4-6-17)18-11-22-26(23(29)8-9-27(22)25-18)13-21(28)24-12-15-2-7-19-20(10-15)32-14-31-19/h2-7,10-11H,8-9,12-14H2,1H3,(H,24,28). The Morgan fingerprint density at radius 1 is 1.12 bits per heavy atom. The van der Waals surface area contributed by atoms with E-state index in [0.717, 1.165) is 22.6 Å². The molecule has 0 saturated heterocycles. The summed E-state index contributed by atoms with van der Waals surface area (Å²) in [6.07, 6.45) is 0.298. The molecule has 2 amide bonds. The average Bonchev–Trinajstić information content (AvgIpc) is 3.46. The summed E-state index contributed by atoms with van der Waals surface area (Å²) in [4.78, 5) is 26.7. The monoisotopic (exact) mass is 434 g/mol. The first-order valence-electron chi connectivity index (χ1n) is 10.3. The van der Waals surface area contributed by atoms with E-state index in [1.807, 2.05) is 48.5 Å². The second-order valence-corrected chi connectivity index (χ2v) is 7.53. The van der Waals surface area contributed by atoms with Crippen molar-refractivity contribution in [3.63, 3.8) is 0 Å². The van der Waals surface area contributed by atoms with Crippen molar-refractivity contribution in [2.45, 2.75) is 19.5 Å². The number of aryl methyl sites for hydroxylation is 1. The van der Waals surface area contributed by atoms with Crippen molar-refractivity contribution in [3.05, 3.63) is 54.1 Å². The molecule has 1 aromatic heterocycles. The van der Waals surface area contributed by atoms with Crippen LogP contribution in [0.5, 0.6) is 17.2 Å². The van der Waals surface area contributed by atoms with Gasteiger partial charge in [-0.15, -0.1) is 0 Å². The van der Waals surface area contributed by atoms with Crippen molar-refractivity contribution >= 4 is 17.6 Å². The number of hydrogen-bond donors (Lipinski definition) is 1. The van der Waals surface area contributed by atoms with E-state index in [1.165, 1.54) is 4.90 Å². The number of anilines is 1. The fourth-order valence-corrected chi connectivity index (χ4v) is 3.78. The number of nitrogens with zero attached hydrogens (tertiary/aromatic N) is 3. The summed E-state index contributed by atoms with van der Waals surface area (Å²) < 4.78 is 17.6. The van der Waals surface area contributed by atoms with Crippen LogP contribution in [0, 0.1) is 0 Å². The second kappa shape index (κ2) is 8.26. The molecule has 0 radical (unpaired) electrons. The summed E-state index contributed by atoms with van der Waals surface area (Å²) in [6.45, 7) is 0.943. The van der Waals surface area contributed by atoms with Gasteiger partial charge in [0.2, 0.25) is 18.6 Å². The highest BCUT2D eigenvalue weighted by atomic mass is 16.7. The quantitative estimate of drug-likeness (QED) is 0.640. The number of fused-ring (bicyclic) bond motifs is 2. The molecule has 0 atom stereocenters. The molecule has 164 valence electrons. The van der Waals surface area contributed by atoms with Gasteiger partial charge in [0, 0.05) is 24.6 Å². The van der Waals surface area contributed by atoms with Gasteiger partial charge in [-0.05, 0) is 42.0 Å². The fourth-order valence-electron chi connectivity index (χ4n) is 3.78. The lowest BCUT2D eigenvalue weighted by molar-refractivity contribution is -0.124. The molecular formula is C23H22N4O5. The number of rotatable bonds is 6. The van der Waals surface area contributed by atoms with Gasteiger partial charge >= 0.3 is 0 Å². The van der Waals surface area contributed by atoms with E-state index < -0.39 is 0 Å². The first-order chi connectivity index (χ1) is 15.6. The molecule has 1 N–H and O–H groups in total. The van der Waals surface area contributed by atoms with Crippen LogP contribution < -0.4 is 24.4 Å². The Balaban J connectivity index is 1.28. The Hall–Kier alpha value is -4.01. The zero-order valence-corrected chi connectivity index (χ0v) is 17.5. The first-order valence-corrected chi connectivity index (χ1v) is 10.3. The van der Waals surface area contributed by atoms with E-state index in [9.17, 15) is 9.59 Å². The maximum Gasteiger partial charge on any atom is 0.240 e. The topological polar surface area (TPSA) is 94.9 Å². The van der Waals surface area contributed by atoms with Crippen LogP contribution in [0.2, 0.25) is 0 Å². The maximum atomic E-state index is 12.6. The highest BCUT2D eigenvalue weighted by Gasteiger charge is 2.28. The summed E-state index contributed by atoms with van der Waals surface area (Å²) in [6, 6.07) is 14.9. The fraction of sp³-hybridized carbons (Fsp3) is 0.261. The van der Waals surface area contributed by atoms with Crippen molar-refractivity contribution in [1.82, 2.24) is 15.1 Å². The summed E-state index contributed by atoms with van der Waals surface area (Å²) in [7, 11) is 1.62. The number of benzene rings is 2. The Morgan fingerprint density at radius 2 is 1.94 bits per heavy atom. The van der Waals surface area contributed by atoms with Crippen LogP contribution in [-0.2, 0) is 22.7 Å². The van der Waals surface area contributed by atoms with Crippen LogP contribution in [0.15, 0.2) is 48.5 Å². The van der Waals surface area contributed by atoms with Crippen molar-refractivity contribution in [2.75, 3.05) is 25.3 Å². The zero-order valence-electron chi connectivity index (χ0n) is 17.5. The van der Waals surface area contributed by atoms with Crippen LogP contribution in [-0.4, -0.2) is 42.0 Å². The van der Waals surface area contributed by atoms with Gasteiger partial charge in [0.1, 0.15) is 18.1 Å². The molecule has 5 rings (SSSR count). The lowest BCUT2D eigenvalue weighted by Gasteiger charge is -2.26. The van der Waals surface area contributed by atoms with Crippen LogP contribution in [0.4, 0.5) is 5.82 Å². The molecule has 0 saturated carbocycles. The minimum atomic E-state index is -0.253. The van der Waals surface area contributed by atoms with Gasteiger partial charge in [0.05, 0.1) is 19.3 Å². The van der Waals surface area contributed by atoms with E-state index in [1.54, 1.807) is 11.8 Å². The minimum absolute atomic E-state index is 0.0723. The van der Waals surface area contributed by atoms with Crippen molar-refractivity contribution < 1.29 is 23.8 Å². The lowest BCUT2D eigenvalue weighted by atomic mass is 10.1. The maximum absolute atomic E-state index is 12.6. The number of methoxy groups -OCH3 is 1. The van der Waals surface area contributed by atoms with Crippen LogP contribution in [0.25, 0.3) is 11.3 Å². The lowest BCUT2D eigenvalue weighted by Crippen LogP contribution is -2.44. The number of amides is 2. The molecule has 0 unspecified atom stereocenters. The Labute approximate surface area is 184 Å². The van der Waals surface area contributed by atoms with E-state index in [4.69, 9.17) is 14.2 Å². The minimum Gasteiger partial charge on any atom is -0.497 e. The van der Waals surface area contributed by atoms with Gasteiger partial charge < -0.3 is 19.5 Å². The second-order valence-electron chi connectivity index (χ2n) is 7.53. The van der Waals surface area contributed by atoms with E-state index in [2.05, 4.69) is 10.4 Å². The number of hydrogen-bond acceptors (Lipinski definition) is 6. The first kappa shape index (κ1) is 19.9. The number of nitrogens with one attached hydrogen (secondary N) is 1. The molecule has 0 fully saturated rings. The molecule has 0 spiro atoms. The van der Waals surface area contributed by atoms with Crippen LogP contribution >= 0.6 is 0 Å². The predicted octanol–water partition coefficient (Wildman–Crippen LogP) is 2.34. The van der Waals surface area contributed by atoms with Crippen molar-refractivity contribution in [1.29, 1.82) is 0 Å². The molecule has 3 aromatic rings. The Morgan fingerprint density at radius 3 is 2.75 bits per heavy atom. The van der Waals surface area contributed by atoms with Gasteiger partial charge in [-0.3, -0.25) is 14.5 Å². The normalized spacial score (nSPS) is 14.3. The van der Waals surface area contributed by atoms with E-state index >= 15 is 0 Å². The highest BCUT2D eigenvalue weighted by Crippen LogP contribution is 2.32. The molecule has 2 aliphatic rings. The van der Waals surface area contributed by atoms with Crippen molar-refractivity contribution in [2.24, 2.45) is 0 Å². The summed E-state index contributed by atoms with van der Waals surface area (Å²) in [5.74, 6) is 2.38. The predicted molar refractivity (Wildman–Crippen MR) is 116 cm³/mol. The molecule has 3 heterocycles. The third-order valence-electron chi connectivity index (χ3n) is 5.49. The van der Waals surface area contributed by atoms with Gasteiger partial charge in [0.25, 0.3) is 0 Å². The smallest absolute Gasteiger partial charge is 0.240 e. The number of carbonyl (C=O) groups excluding carboxylic acids is 2. The number of carbonyl (C=O) groups is 2. The molecule has 0 aliphatic carbocycles. The molecule has 0 bridgehead atoms. The third-order valence-corrected chi connectivity index (χ3v) is 5.49.